The first-order valence-corrected chi connectivity index (χ1v) is 6.72. The van der Waals surface area contributed by atoms with Gasteiger partial charge in [0, 0.05) is 12.6 Å². The van der Waals surface area contributed by atoms with Gasteiger partial charge in [0.15, 0.2) is 0 Å². The molecule has 2 fully saturated rings. The van der Waals surface area contributed by atoms with Crippen molar-refractivity contribution in [2.24, 2.45) is 5.92 Å². The average molecular weight is 225 g/mol. The molecule has 1 saturated heterocycles. The van der Waals surface area contributed by atoms with Gasteiger partial charge in [0.1, 0.15) is 0 Å². The van der Waals surface area contributed by atoms with Gasteiger partial charge < -0.3 is 4.74 Å². The minimum absolute atomic E-state index is 0.0187. The largest absolute Gasteiger partial charge is 0.466 e. The Morgan fingerprint density at radius 2 is 2.00 bits per heavy atom. The third-order valence-corrected chi connectivity index (χ3v) is 3.91. The topological polar surface area (TPSA) is 29.5 Å². The van der Waals surface area contributed by atoms with E-state index < -0.39 is 0 Å². The minimum atomic E-state index is 0.0187. The summed E-state index contributed by atoms with van der Waals surface area (Å²) in [7, 11) is 0. The van der Waals surface area contributed by atoms with Gasteiger partial charge in [-0.05, 0) is 39.2 Å². The van der Waals surface area contributed by atoms with Gasteiger partial charge in [-0.3, -0.25) is 9.69 Å². The maximum Gasteiger partial charge on any atom is 0.310 e. The molecule has 92 valence electrons. The van der Waals surface area contributed by atoms with Crippen LogP contribution in [0.1, 0.15) is 45.4 Å². The molecule has 2 rings (SSSR count). The Balaban J connectivity index is 1.85. The Morgan fingerprint density at radius 3 is 2.69 bits per heavy atom. The molecule has 1 aliphatic heterocycles. The molecular weight excluding hydrogens is 202 g/mol. The minimum Gasteiger partial charge on any atom is -0.466 e. The molecule has 0 spiro atoms. The molecule has 0 aromatic heterocycles. The third-order valence-electron chi connectivity index (χ3n) is 3.91. The number of carbonyl (C=O) groups is 1. The van der Waals surface area contributed by atoms with Crippen LogP contribution in [0.4, 0.5) is 0 Å². The highest BCUT2D eigenvalue weighted by atomic mass is 16.5. The summed E-state index contributed by atoms with van der Waals surface area (Å²) in [5, 5.41) is 0. The summed E-state index contributed by atoms with van der Waals surface area (Å²) in [4.78, 5) is 14.2. The Morgan fingerprint density at radius 1 is 1.25 bits per heavy atom. The lowest BCUT2D eigenvalue weighted by molar-refractivity contribution is -0.150. The Hall–Kier alpha value is -0.570. The van der Waals surface area contributed by atoms with Crippen LogP contribution in [0.25, 0.3) is 0 Å². The lowest BCUT2D eigenvalue weighted by Crippen LogP contribution is -2.44. The smallest absolute Gasteiger partial charge is 0.310 e. The molecule has 3 heteroatoms. The van der Waals surface area contributed by atoms with E-state index in [9.17, 15) is 4.79 Å². The van der Waals surface area contributed by atoms with E-state index in [4.69, 9.17) is 4.74 Å². The van der Waals surface area contributed by atoms with E-state index in [0.717, 1.165) is 25.4 Å². The van der Waals surface area contributed by atoms with Crippen LogP contribution in [0, 0.1) is 5.92 Å². The lowest BCUT2D eigenvalue weighted by atomic mass is 9.96. The molecule has 2 aliphatic rings. The quantitative estimate of drug-likeness (QED) is 0.690. The van der Waals surface area contributed by atoms with Gasteiger partial charge in [-0.2, -0.15) is 0 Å². The summed E-state index contributed by atoms with van der Waals surface area (Å²) < 4.78 is 5.13. The van der Waals surface area contributed by atoms with E-state index >= 15 is 0 Å². The Labute approximate surface area is 98.1 Å². The molecule has 1 heterocycles. The molecule has 3 nitrogen and oxygen atoms in total. The van der Waals surface area contributed by atoms with Crippen LogP contribution in [0.2, 0.25) is 0 Å². The van der Waals surface area contributed by atoms with Gasteiger partial charge in [0.2, 0.25) is 0 Å². The van der Waals surface area contributed by atoms with Crippen molar-refractivity contribution in [3.05, 3.63) is 0 Å². The van der Waals surface area contributed by atoms with Crippen LogP contribution in [0.15, 0.2) is 0 Å². The van der Waals surface area contributed by atoms with Crippen molar-refractivity contribution in [2.75, 3.05) is 19.7 Å². The summed E-state index contributed by atoms with van der Waals surface area (Å²) in [6.07, 6.45) is 7.56. The van der Waals surface area contributed by atoms with Crippen molar-refractivity contribution in [1.29, 1.82) is 0 Å². The highest BCUT2D eigenvalue weighted by Gasteiger charge is 2.31. The first-order valence-electron chi connectivity index (χ1n) is 6.72. The standard InChI is InChI=1S/C13H23NO2/c1-2-16-13(15)11-6-5-9-14(10-11)12-7-3-4-8-12/h11-12H,2-10H2,1H3/t11-/m1/s1. The fourth-order valence-electron chi connectivity index (χ4n) is 3.06. The molecule has 1 aliphatic carbocycles. The van der Waals surface area contributed by atoms with E-state index in [1.165, 1.54) is 32.2 Å². The van der Waals surface area contributed by atoms with Crippen molar-refractivity contribution >= 4 is 5.97 Å². The fraction of sp³-hybridized carbons (Fsp3) is 0.923. The molecule has 0 aromatic rings. The van der Waals surface area contributed by atoms with Gasteiger partial charge in [-0.15, -0.1) is 0 Å². The number of likely N-dealkylation sites (tertiary alicyclic amines) is 1. The second kappa shape index (κ2) is 5.67. The van der Waals surface area contributed by atoms with E-state index in [1.54, 1.807) is 0 Å². The van der Waals surface area contributed by atoms with Crippen LogP contribution < -0.4 is 0 Å². The molecule has 0 unspecified atom stereocenters. The van der Waals surface area contributed by atoms with Crippen molar-refractivity contribution in [1.82, 2.24) is 4.90 Å². The number of hydrogen-bond acceptors (Lipinski definition) is 3. The zero-order chi connectivity index (χ0) is 11.4. The van der Waals surface area contributed by atoms with Gasteiger partial charge in [0.25, 0.3) is 0 Å². The van der Waals surface area contributed by atoms with Gasteiger partial charge in [0.05, 0.1) is 12.5 Å². The number of nitrogens with zero attached hydrogens (tertiary/aromatic N) is 1. The van der Waals surface area contributed by atoms with Gasteiger partial charge in [-0.25, -0.2) is 0 Å². The number of carbonyl (C=O) groups excluding carboxylic acids is 1. The fourth-order valence-corrected chi connectivity index (χ4v) is 3.06. The molecule has 0 aromatic carbocycles. The zero-order valence-corrected chi connectivity index (χ0v) is 10.3. The van der Waals surface area contributed by atoms with E-state index in [-0.39, 0.29) is 11.9 Å². The van der Waals surface area contributed by atoms with Crippen LogP contribution in [-0.4, -0.2) is 36.6 Å². The highest BCUT2D eigenvalue weighted by molar-refractivity contribution is 5.72. The normalized spacial score (nSPS) is 28.2. The maximum absolute atomic E-state index is 11.7. The second-order valence-electron chi connectivity index (χ2n) is 5.02. The molecule has 16 heavy (non-hydrogen) atoms. The van der Waals surface area contributed by atoms with E-state index in [1.807, 2.05) is 6.92 Å². The van der Waals surface area contributed by atoms with Gasteiger partial charge in [-0.1, -0.05) is 12.8 Å². The van der Waals surface area contributed by atoms with Crippen molar-refractivity contribution in [3.8, 4) is 0 Å². The third kappa shape index (κ3) is 2.76. The predicted molar refractivity (Wildman–Crippen MR) is 63.2 cm³/mol. The predicted octanol–water partition coefficient (Wildman–Crippen LogP) is 2.20. The van der Waals surface area contributed by atoms with Crippen molar-refractivity contribution in [2.45, 2.75) is 51.5 Å². The van der Waals surface area contributed by atoms with Crippen molar-refractivity contribution in [3.63, 3.8) is 0 Å². The van der Waals surface area contributed by atoms with E-state index in [2.05, 4.69) is 4.90 Å². The van der Waals surface area contributed by atoms with Crippen molar-refractivity contribution < 1.29 is 9.53 Å². The maximum atomic E-state index is 11.7. The molecular formula is C13H23NO2. The molecule has 0 N–H and O–H groups in total. The van der Waals surface area contributed by atoms with E-state index in [0.29, 0.717) is 6.61 Å². The number of esters is 1. The molecule has 1 saturated carbocycles. The number of rotatable bonds is 3. The van der Waals surface area contributed by atoms with Crippen LogP contribution in [-0.2, 0) is 9.53 Å². The zero-order valence-electron chi connectivity index (χ0n) is 10.3. The second-order valence-corrected chi connectivity index (χ2v) is 5.02. The first kappa shape index (κ1) is 11.9. The molecule has 0 amide bonds. The number of ether oxygens (including phenoxy) is 1. The summed E-state index contributed by atoms with van der Waals surface area (Å²) in [5.74, 6) is 0.152. The molecule has 1 atom stereocenters. The monoisotopic (exact) mass is 225 g/mol. The summed E-state index contributed by atoms with van der Waals surface area (Å²) in [5.41, 5.74) is 0. The van der Waals surface area contributed by atoms with Gasteiger partial charge >= 0.3 is 5.97 Å². The summed E-state index contributed by atoms with van der Waals surface area (Å²) >= 11 is 0. The average Bonchev–Trinajstić information content (AvgIpc) is 2.83. The lowest BCUT2D eigenvalue weighted by Gasteiger charge is -2.35. The van der Waals surface area contributed by atoms with Crippen LogP contribution >= 0.6 is 0 Å². The highest BCUT2D eigenvalue weighted by Crippen LogP contribution is 2.28. The summed E-state index contributed by atoms with van der Waals surface area (Å²) in [6.45, 7) is 4.51. The number of piperidine rings is 1. The Kier molecular flexibility index (Phi) is 4.22. The Bertz CT molecular complexity index is 236. The SMILES string of the molecule is CCOC(=O)[C@@H]1CCCN(C2CCCC2)C1. The summed E-state index contributed by atoms with van der Waals surface area (Å²) in [6, 6.07) is 0.747. The molecule has 0 bridgehead atoms. The van der Waals surface area contributed by atoms with Crippen LogP contribution in [0.3, 0.4) is 0 Å². The first-order chi connectivity index (χ1) is 7.81. The van der Waals surface area contributed by atoms with Crippen LogP contribution in [0.5, 0.6) is 0 Å². The molecule has 0 radical (unpaired) electrons. The number of hydrogen-bond donors (Lipinski definition) is 0.